The summed E-state index contributed by atoms with van der Waals surface area (Å²) in [6.45, 7) is -0.0691. The van der Waals surface area contributed by atoms with Gasteiger partial charge in [-0.15, -0.1) is 0 Å². The Kier molecular flexibility index (Phi) is 6.57. The average Bonchev–Trinajstić information content (AvgIpc) is 2.75. The van der Waals surface area contributed by atoms with Gasteiger partial charge in [0.2, 0.25) is 0 Å². The number of para-hydroxylation sites is 1. The molecule has 0 atom stereocenters. The number of carbonyl (C=O) groups is 2. The van der Waals surface area contributed by atoms with Gasteiger partial charge >= 0.3 is 5.97 Å². The Labute approximate surface area is 166 Å². The topological polar surface area (TPSA) is 110 Å². The number of amides is 1. The van der Waals surface area contributed by atoms with E-state index in [9.17, 15) is 14.4 Å². The van der Waals surface area contributed by atoms with E-state index < -0.39 is 11.9 Å². The first-order chi connectivity index (χ1) is 14.0. The Morgan fingerprint density at radius 3 is 2.79 bits per heavy atom. The second-order valence-corrected chi connectivity index (χ2v) is 6.32. The molecule has 0 saturated carbocycles. The van der Waals surface area contributed by atoms with Crippen LogP contribution in [0, 0.1) is 0 Å². The highest BCUT2D eigenvalue weighted by molar-refractivity contribution is 5.80. The van der Waals surface area contributed by atoms with Crippen LogP contribution in [0.4, 0.5) is 0 Å². The van der Waals surface area contributed by atoms with Crippen molar-refractivity contribution in [2.75, 3.05) is 13.7 Å². The van der Waals surface area contributed by atoms with Gasteiger partial charge in [0, 0.05) is 13.0 Å². The van der Waals surface area contributed by atoms with Crippen LogP contribution in [0.25, 0.3) is 10.9 Å². The number of esters is 1. The van der Waals surface area contributed by atoms with Crippen molar-refractivity contribution in [3.63, 3.8) is 0 Å². The van der Waals surface area contributed by atoms with Crippen molar-refractivity contribution in [1.29, 1.82) is 0 Å². The Hall–Kier alpha value is -3.68. The Morgan fingerprint density at radius 2 is 1.97 bits per heavy atom. The van der Waals surface area contributed by atoms with Gasteiger partial charge in [-0.05, 0) is 29.8 Å². The van der Waals surface area contributed by atoms with Crippen LogP contribution < -0.4 is 15.6 Å². The third-order valence-corrected chi connectivity index (χ3v) is 4.22. The van der Waals surface area contributed by atoms with Crippen LogP contribution in [0.5, 0.6) is 5.75 Å². The standard InChI is InChI=1S/C21H21N3O5/c1-28-15-6-4-5-14(11-15)12-22-19(25)13-29-20(26)10-9-18-23-17-8-3-2-7-16(17)21(27)24-18/h2-8,11H,9-10,12-13H2,1H3,(H,22,25)(H,23,24,27). The molecule has 3 rings (SSSR count). The number of rotatable bonds is 8. The summed E-state index contributed by atoms with van der Waals surface area (Å²) in [7, 11) is 1.57. The van der Waals surface area contributed by atoms with Gasteiger partial charge in [-0.2, -0.15) is 0 Å². The third-order valence-electron chi connectivity index (χ3n) is 4.22. The fourth-order valence-electron chi connectivity index (χ4n) is 2.73. The number of H-pyrrole nitrogens is 1. The van der Waals surface area contributed by atoms with E-state index in [4.69, 9.17) is 9.47 Å². The van der Waals surface area contributed by atoms with Crippen molar-refractivity contribution in [2.24, 2.45) is 0 Å². The molecule has 1 aromatic heterocycles. The lowest BCUT2D eigenvalue weighted by atomic mass is 10.2. The van der Waals surface area contributed by atoms with E-state index in [1.54, 1.807) is 31.4 Å². The Morgan fingerprint density at radius 1 is 1.14 bits per heavy atom. The molecule has 3 aromatic rings. The van der Waals surface area contributed by atoms with Crippen molar-refractivity contribution < 1.29 is 19.1 Å². The molecular weight excluding hydrogens is 374 g/mol. The van der Waals surface area contributed by atoms with E-state index in [-0.39, 0.29) is 25.0 Å². The van der Waals surface area contributed by atoms with Gasteiger partial charge in [-0.3, -0.25) is 14.4 Å². The zero-order chi connectivity index (χ0) is 20.6. The molecule has 8 nitrogen and oxygen atoms in total. The first-order valence-electron chi connectivity index (χ1n) is 9.08. The molecular formula is C21H21N3O5. The van der Waals surface area contributed by atoms with Gasteiger partial charge in [0.15, 0.2) is 6.61 Å². The number of methoxy groups -OCH3 is 1. The number of hydrogen-bond donors (Lipinski definition) is 2. The minimum Gasteiger partial charge on any atom is -0.497 e. The van der Waals surface area contributed by atoms with E-state index in [0.29, 0.717) is 29.0 Å². The van der Waals surface area contributed by atoms with Crippen LogP contribution in [0.2, 0.25) is 0 Å². The van der Waals surface area contributed by atoms with Gasteiger partial charge in [0.05, 0.1) is 24.4 Å². The molecule has 0 fully saturated rings. The highest BCUT2D eigenvalue weighted by Crippen LogP contribution is 2.12. The number of hydrogen-bond acceptors (Lipinski definition) is 6. The second kappa shape index (κ2) is 9.50. The van der Waals surface area contributed by atoms with Crippen molar-refractivity contribution in [3.8, 4) is 5.75 Å². The normalized spacial score (nSPS) is 10.5. The van der Waals surface area contributed by atoms with E-state index >= 15 is 0 Å². The minimum absolute atomic E-state index is 0.00441. The van der Waals surface area contributed by atoms with Crippen LogP contribution in [0.15, 0.2) is 53.3 Å². The van der Waals surface area contributed by atoms with Crippen molar-refractivity contribution in [1.82, 2.24) is 15.3 Å². The summed E-state index contributed by atoms with van der Waals surface area (Å²) >= 11 is 0. The van der Waals surface area contributed by atoms with Crippen LogP contribution in [-0.2, 0) is 27.3 Å². The maximum absolute atomic E-state index is 12.0. The maximum atomic E-state index is 12.0. The first-order valence-corrected chi connectivity index (χ1v) is 9.08. The van der Waals surface area contributed by atoms with E-state index in [2.05, 4.69) is 15.3 Å². The van der Waals surface area contributed by atoms with E-state index in [0.717, 1.165) is 5.56 Å². The molecule has 0 aliphatic rings. The molecule has 0 aliphatic heterocycles. The van der Waals surface area contributed by atoms with Crippen LogP contribution in [-0.4, -0.2) is 35.6 Å². The van der Waals surface area contributed by atoms with E-state index in [1.807, 2.05) is 24.3 Å². The number of aromatic amines is 1. The molecule has 0 radical (unpaired) electrons. The molecule has 1 heterocycles. The number of ether oxygens (including phenoxy) is 2. The highest BCUT2D eigenvalue weighted by atomic mass is 16.5. The summed E-state index contributed by atoms with van der Waals surface area (Å²) < 4.78 is 10.1. The molecule has 0 saturated heterocycles. The molecule has 0 bridgehead atoms. The zero-order valence-corrected chi connectivity index (χ0v) is 15.9. The number of fused-ring (bicyclic) bond motifs is 1. The molecule has 1 amide bonds. The number of carbonyl (C=O) groups excluding carboxylic acids is 2. The Balaban J connectivity index is 1.44. The fraction of sp³-hybridized carbons (Fsp3) is 0.238. The lowest BCUT2D eigenvalue weighted by Crippen LogP contribution is -2.28. The summed E-state index contributed by atoms with van der Waals surface area (Å²) in [6, 6.07) is 14.3. The molecule has 0 unspecified atom stereocenters. The van der Waals surface area contributed by atoms with Crippen LogP contribution >= 0.6 is 0 Å². The Bertz CT molecular complexity index is 1080. The predicted octanol–water partition coefficient (Wildman–Crippen LogP) is 1.72. The highest BCUT2D eigenvalue weighted by Gasteiger charge is 2.10. The largest absolute Gasteiger partial charge is 0.497 e. The summed E-state index contributed by atoms with van der Waals surface area (Å²) in [5.41, 5.74) is 1.18. The van der Waals surface area contributed by atoms with Crippen molar-refractivity contribution in [3.05, 3.63) is 70.3 Å². The lowest BCUT2D eigenvalue weighted by Gasteiger charge is -2.08. The molecule has 2 N–H and O–H groups in total. The van der Waals surface area contributed by atoms with Crippen LogP contribution in [0.3, 0.4) is 0 Å². The zero-order valence-electron chi connectivity index (χ0n) is 15.9. The molecule has 0 spiro atoms. The molecule has 8 heteroatoms. The summed E-state index contributed by atoms with van der Waals surface area (Å²) in [4.78, 5) is 42.7. The van der Waals surface area contributed by atoms with Gasteiger partial charge in [0.1, 0.15) is 11.6 Å². The molecule has 29 heavy (non-hydrogen) atoms. The quantitative estimate of drug-likeness (QED) is 0.562. The average molecular weight is 395 g/mol. The third kappa shape index (κ3) is 5.65. The van der Waals surface area contributed by atoms with Gasteiger partial charge < -0.3 is 19.8 Å². The molecule has 0 aliphatic carbocycles. The van der Waals surface area contributed by atoms with Crippen molar-refractivity contribution in [2.45, 2.75) is 19.4 Å². The molecule has 150 valence electrons. The van der Waals surface area contributed by atoms with Crippen molar-refractivity contribution >= 4 is 22.8 Å². The number of aromatic nitrogens is 2. The predicted molar refractivity (Wildman–Crippen MR) is 106 cm³/mol. The van der Waals surface area contributed by atoms with Gasteiger partial charge in [-0.25, -0.2) is 4.98 Å². The monoisotopic (exact) mass is 395 g/mol. The summed E-state index contributed by atoms with van der Waals surface area (Å²) in [5.74, 6) is 0.146. The minimum atomic E-state index is -0.544. The first kappa shape index (κ1) is 20.1. The number of benzene rings is 2. The number of nitrogens with zero attached hydrogens (tertiary/aromatic N) is 1. The molecule has 2 aromatic carbocycles. The number of aryl methyl sites for hydroxylation is 1. The number of nitrogens with one attached hydrogen (secondary N) is 2. The van der Waals surface area contributed by atoms with Gasteiger partial charge in [-0.1, -0.05) is 24.3 Å². The maximum Gasteiger partial charge on any atom is 0.306 e. The summed E-state index contributed by atoms with van der Waals surface area (Å²) in [6.07, 6.45) is 0.217. The lowest BCUT2D eigenvalue weighted by molar-refractivity contribution is -0.148. The smallest absolute Gasteiger partial charge is 0.306 e. The van der Waals surface area contributed by atoms with Gasteiger partial charge in [0.25, 0.3) is 11.5 Å². The van der Waals surface area contributed by atoms with Crippen LogP contribution in [0.1, 0.15) is 17.8 Å². The fourth-order valence-corrected chi connectivity index (χ4v) is 2.73. The second-order valence-electron chi connectivity index (χ2n) is 6.32. The summed E-state index contributed by atoms with van der Waals surface area (Å²) in [5, 5.41) is 3.17. The SMILES string of the molecule is COc1cccc(CNC(=O)COC(=O)CCc2nc3ccccc3c(=O)[nH]2)c1. The van der Waals surface area contributed by atoms with E-state index in [1.165, 1.54) is 0 Å².